The Hall–Kier alpha value is -2.04. The van der Waals surface area contributed by atoms with Gasteiger partial charge < -0.3 is 10.1 Å². The molecule has 1 heterocycles. The van der Waals surface area contributed by atoms with Gasteiger partial charge in [-0.15, -0.1) is 5.10 Å². The highest BCUT2D eigenvalue weighted by atomic mass is 16.5. The average molecular weight is 274 g/mol. The molecule has 108 valence electrons. The van der Waals surface area contributed by atoms with Crippen molar-refractivity contribution in [3.05, 3.63) is 35.7 Å². The fourth-order valence-corrected chi connectivity index (χ4v) is 1.85. The van der Waals surface area contributed by atoms with Crippen LogP contribution in [0.3, 0.4) is 0 Å². The van der Waals surface area contributed by atoms with Gasteiger partial charge in [0.1, 0.15) is 11.4 Å². The Kier molecular flexibility index (Phi) is 3.97. The van der Waals surface area contributed by atoms with Gasteiger partial charge in [-0.1, -0.05) is 11.3 Å². The predicted octanol–water partition coefficient (Wildman–Crippen LogP) is 2.96. The van der Waals surface area contributed by atoms with Gasteiger partial charge >= 0.3 is 0 Å². The zero-order chi connectivity index (χ0) is 14.8. The lowest BCUT2D eigenvalue weighted by Crippen LogP contribution is -2.22. The van der Waals surface area contributed by atoms with E-state index in [1.54, 1.807) is 7.11 Å². The van der Waals surface area contributed by atoms with Crippen molar-refractivity contribution in [3.63, 3.8) is 0 Å². The lowest BCUT2D eigenvalue weighted by molar-refractivity contribution is 0.347. The van der Waals surface area contributed by atoms with Crippen molar-refractivity contribution in [1.29, 1.82) is 0 Å². The van der Waals surface area contributed by atoms with E-state index in [-0.39, 0.29) is 5.54 Å². The molecule has 2 rings (SSSR count). The molecule has 0 atom stereocenters. The van der Waals surface area contributed by atoms with Crippen molar-refractivity contribution in [2.45, 2.75) is 39.8 Å². The average Bonchev–Trinajstić information content (AvgIpc) is 2.85. The first-order chi connectivity index (χ1) is 9.40. The second-order valence-electron chi connectivity index (χ2n) is 5.88. The van der Waals surface area contributed by atoms with E-state index in [4.69, 9.17) is 4.74 Å². The van der Waals surface area contributed by atoms with Crippen LogP contribution in [0, 0.1) is 6.92 Å². The predicted molar refractivity (Wildman–Crippen MR) is 80.1 cm³/mol. The number of nitrogens with one attached hydrogen (secondary N) is 1. The van der Waals surface area contributed by atoms with Crippen molar-refractivity contribution >= 4 is 5.69 Å². The first-order valence-corrected chi connectivity index (χ1v) is 6.70. The van der Waals surface area contributed by atoms with Gasteiger partial charge in [-0.25, -0.2) is 4.68 Å². The van der Waals surface area contributed by atoms with Gasteiger partial charge in [-0.05, 0) is 45.4 Å². The topological polar surface area (TPSA) is 52.0 Å². The monoisotopic (exact) mass is 274 g/mol. The number of hydrogen-bond donors (Lipinski definition) is 1. The Morgan fingerprint density at radius 2 is 2.05 bits per heavy atom. The highest BCUT2D eigenvalue weighted by Crippen LogP contribution is 2.25. The third-order valence-corrected chi connectivity index (χ3v) is 3.04. The quantitative estimate of drug-likeness (QED) is 0.931. The van der Waals surface area contributed by atoms with E-state index >= 15 is 0 Å². The van der Waals surface area contributed by atoms with E-state index in [0.717, 1.165) is 17.1 Å². The molecule has 2 aromatic rings. The van der Waals surface area contributed by atoms with Gasteiger partial charge in [0, 0.05) is 0 Å². The molecule has 0 amide bonds. The zero-order valence-electron chi connectivity index (χ0n) is 12.8. The minimum Gasteiger partial charge on any atom is -0.495 e. The molecule has 0 saturated carbocycles. The van der Waals surface area contributed by atoms with Crippen molar-refractivity contribution in [2.75, 3.05) is 12.4 Å². The van der Waals surface area contributed by atoms with E-state index in [1.807, 2.05) is 23.0 Å². The number of aryl methyl sites for hydroxylation is 1. The normalized spacial score (nSPS) is 11.4. The maximum absolute atomic E-state index is 5.34. The summed E-state index contributed by atoms with van der Waals surface area (Å²) in [5.74, 6) is 0.832. The maximum Gasteiger partial charge on any atom is 0.141 e. The smallest absolute Gasteiger partial charge is 0.141 e. The van der Waals surface area contributed by atoms with Crippen LogP contribution >= 0.6 is 0 Å². The Morgan fingerprint density at radius 3 is 2.65 bits per heavy atom. The zero-order valence-corrected chi connectivity index (χ0v) is 12.8. The summed E-state index contributed by atoms with van der Waals surface area (Å²) in [5, 5.41) is 11.7. The summed E-state index contributed by atoms with van der Waals surface area (Å²) < 4.78 is 7.22. The van der Waals surface area contributed by atoms with E-state index in [0.29, 0.717) is 6.54 Å². The second kappa shape index (κ2) is 5.53. The lowest BCUT2D eigenvalue weighted by Gasteiger charge is -2.17. The standard InChI is InChI=1S/C15H22N4O/c1-11-6-7-14(20-5)13(8-11)16-9-12-10-19(18-17-12)15(2,3)4/h6-8,10,16H,9H2,1-5H3. The highest BCUT2D eigenvalue weighted by molar-refractivity contribution is 5.57. The molecule has 0 fully saturated rings. The van der Waals surface area contributed by atoms with E-state index in [9.17, 15) is 0 Å². The molecule has 5 heteroatoms. The van der Waals surface area contributed by atoms with Crippen LogP contribution in [0.5, 0.6) is 5.75 Å². The summed E-state index contributed by atoms with van der Waals surface area (Å²) in [6, 6.07) is 6.05. The molecule has 1 N–H and O–H groups in total. The van der Waals surface area contributed by atoms with E-state index in [2.05, 4.69) is 49.4 Å². The number of aromatic nitrogens is 3. The molecule has 0 radical (unpaired) electrons. The van der Waals surface area contributed by atoms with Crippen LogP contribution < -0.4 is 10.1 Å². The fraction of sp³-hybridized carbons (Fsp3) is 0.467. The summed E-state index contributed by atoms with van der Waals surface area (Å²) in [6.45, 7) is 8.98. The lowest BCUT2D eigenvalue weighted by atomic mass is 10.1. The SMILES string of the molecule is COc1ccc(C)cc1NCc1cn(C(C)(C)C)nn1. The van der Waals surface area contributed by atoms with Gasteiger partial charge in [-0.2, -0.15) is 0 Å². The van der Waals surface area contributed by atoms with E-state index in [1.165, 1.54) is 5.56 Å². The van der Waals surface area contributed by atoms with Crippen LogP contribution in [0.25, 0.3) is 0 Å². The number of benzene rings is 1. The van der Waals surface area contributed by atoms with Gasteiger partial charge in [0.2, 0.25) is 0 Å². The van der Waals surface area contributed by atoms with Crippen LogP contribution in [0.4, 0.5) is 5.69 Å². The minimum absolute atomic E-state index is 0.0493. The summed E-state index contributed by atoms with van der Waals surface area (Å²) in [6.07, 6.45) is 1.97. The number of hydrogen-bond acceptors (Lipinski definition) is 4. The molecule has 5 nitrogen and oxygen atoms in total. The van der Waals surface area contributed by atoms with Crippen LogP contribution in [0.2, 0.25) is 0 Å². The molecular weight excluding hydrogens is 252 g/mol. The maximum atomic E-state index is 5.34. The Bertz CT molecular complexity index is 584. The molecule has 0 spiro atoms. The number of ether oxygens (including phenoxy) is 1. The molecule has 20 heavy (non-hydrogen) atoms. The van der Waals surface area contributed by atoms with Crippen LogP contribution in [0.15, 0.2) is 24.4 Å². The Morgan fingerprint density at radius 1 is 1.30 bits per heavy atom. The first-order valence-electron chi connectivity index (χ1n) is 6.70. The first kappa shape index (κ1) is 14.4. The molecule has 0 unspecified atom stereocenters. The Labute approximate surface area is 120 Å². The largest absolute Gasteiger partial charge is 0.495 e. The van der Waals surface area contributed by atoms with Crippen molar-refractivity contribution < 1.29 is 4.74 Å². The Balaban J connectivity index is 2.09. The number of nitrogens with zero attached hydrogens (tertiary/aromatic N) is 3. The summed E-state index contributed by atoms with van der Waals surface area (Å²) in [4.78, 5) is 0. The van der Waals surface area contributed by atoms with Crippen LogP contribution in [-0.2, 0) is 12.1 Å². The molecule has 1 aromatic carbocycles. The summed E-state index contributed by atoms with van der Waals surface area (Å²) in [5.41, 5.74) is 3.01. The van der Waals surface area contributed by atoms with Gasteiger partial charge in [-0.3, -0.25) is 0 Å². The number of anilines is 1. The number of rotatable bonds is 4. The van der Waals surface area contributed by atoms with Crippen LogP contribution in [-0.4, -0.2) is 22.1 Å². The summed E-state index contributed by atoms with van der Waals surface area (Å²) in [7, 11) is 1.67. The second-order valence-corrected chi connectivity index (χ2v) is 5.88. The molecule has 0 aliphatic carbocycles. The fourth-order valence-electron chi connectivity index (χ4n) is 1.85. The van der Waals surface area contributed by atoms with Gasteiger partial charge in [0.25, 0.3) is 0 Å². The summed E-state index contributed by atoms with van der Waals surface area (Å²) >= 11 is 0. The van der Waals surface area contributed by atoms with Crippen molar-refractivity contribution in [2.24, 2.45) is 0 Å². The molecule has 0 aliphatic rings. The van der Waals surface area contributed by atoms with Crippen LogP contribution in [0.1, 0.15) is 32.0 Å². The molecule has 0 bridgehead atoms. The molecule has 0 saturated heterocycles. The number of methoxy groups -OCH3 is 1. The minimum atomic E-state index is -0.0493. The highest BCUT2D eigenvalue weighted by Gasteiger charge is 2.15. The van der Waals surface area contributed by atoms with Crippen molar-refractivity contribution in [1.82, 2.24) is 15.0 Å². The third-order valence-electron chi connectivity index (χ3n) is 3.04. The van der Waals surface area contributed by atoms with Gasteiger partial charge in [0.05, 0.1) is 31.1 Å². The molecule has 1 aromatic heterocycles. The van der Waals surface area contributed by atoms with Crippen molar-refractivity contribution in [3.8, 4) is 5.75 Å². The molecular formula is C15H22N4O. The molecule has 0 aliphatic heterocycles. The third kappa shape index (κ3) is 3.29. The van der Waals surface area contributed by atoms with E-state index < -0.39 is 0 Å². The van der Waals surface area contributed by atoms with Gasteiger partial charge in [0.15, 0.2) is 0 Å².